The fourth-order valence-corrected chi connectivity index (χ4v) is 4.06. The maximum atomic E-state index is 12.8. The zero-order chi connectivity index (χ0) is 18.1. The molecular weight excluding hydrogens is 326 g/mol. The molecule has 0 N–H and O–H groups in total. The molecule has 1 aliphatic carbocycles. The number of hydrogen-bond acceptors (Lipinski definition) is 4. The molecule has 1 saturated carbocycles. The Balaban J connectivity index is 1.36. The largest absolute Gasteiger partial charge is 0.360 e. The van der Waals surface area contributed by atoms with Gasteiger partial charge in [-0.15, -0.1) is 0 Å². The van der Waals surface area contributed by atoms with Gasteiger partial charge in [-0.05, 0) is 30.7 Å². The molecule has 0 bridgehead atoms. The van der Waals surface area contributed by atoms with Crippen LogP contribution in [0, 0.1) is 5.92 Å². The Morgan fingerprint density at radius 1 is 1.27 bits per heavy atom. The summed E-state index contributed by atoms with van der Waals surface area (Å²) in [4.78, 5) is 17.2. The maximum Gasteiger partial charge on any atom is 0.276 e. The molecule has 26 heavy (non-hydrogen) atoms. The molecule has 0 spiro atoms. The summed E-state index contributed by atoms with van der Waals surface area (Å²) < 4.78 is 5.35. The number of likely N-dealkylation sites (tertiary alicyclic amines) is 1. The van der Waals surface area contributed by atoms with Crippen LogP contribution in [0.15, 0.2) is 40.9 Å². The Morgan fingerprint density at radius 3 is 2.73 bits per heavy atom. The third-order valence-electron chi connectivity index (χ3n) is 5.74. The van der Waals surface area contributed by atoms with Gasteiger partial charge in [0, 0.05) is 44.7 Å². The summed E-state index contributed by atoms with van der Waals surface area (Å²) in [6.45, 7) is 5.23. The second-order valence-corrected chi connectivity index (χ2v) is 7.86. The summed E-state index contributed by atoms with van der Waals surface area (Å²) in [5, 5.41) is 4.01. The van der Waals surface area contributed by atoms with Crippen molar-refractivity contribution < 1.29 is 9.32 Å². The zero-order valence-electron chi connectivity index (χ0n) is 15.6. The molecule has 2 heterocycles. The van der Waals surface area contributed by atoms with E-state index in [2.05, 4.69) is 47.3 Å². The summed E-state index contributed by atoms with van der Waals surface area (Å²) in [5.74, 6) is 1.76. The molecule has 0 unspecified atom stereocenters. The Hall–Kier alpha value is -2.14. The van der Waals surface area contributed by atoms with Crippen molar-refractivity contribution in [2.45, 2.75) is 44.7 Å². The Morgan fingerprint density at radius 2 is 2.04 bits per heavy atom. The van der Waals surface area contributed by atoms with E-state index in [-0.39, 0.29) is 11.9 Å². The third kappa shape index (κ3) is 3.68. The van der Waals surface area contributed by atoms with Gasteiger partial charge in [-0.2, -0.15) is 0 Å². The highest BCUT2D eigenvalue weighted by Crippen LogP contribution is 2.40. The minimum Gasteiger partial charge on any atom is -0.360 e. The normalized spacial score (nSPS) is 23.8. The van der Waals surface area contributed by atoms with Crippen LogP contribution in [0.3, 0.4) is 0 Å². The first-order valence-electron chi connectivity index (χ1n) is 9.62. The third-order valence-corrected chi connectivity index (χ3v) is 5.74. The van der Waals surface area contributed by atoms with Gasteiger partial charge in [0.05, 0.1) is 0 Å². The lowest BCUT2D eigenvalue weighted by atomic mass is 9.92. The van der Waals surface area contributed by atoms with Crippen LogP contribution in [0.2, 0.25) is 0 Å². The van der Waals surface area contributed by atoms with E-state index in [1.807, 2.05) is 18.0 Å². The molecule has 1 aromatic carbocycles. The quantitative estimate of drug-likeness (QED) is 0.825. The van der Waals surface area contributed by atoms with E-state index < -0.39 is 0 Å². The van der Waals surface area contributed by atoms with Gasteiger partial charge in [0.2, 0.25) is 0 Å². The van der Waals surface area contributed by atoms with Gasteiger partial charge in [0.25, 0.3) is 5.91 Å². The van der Waals surface area contributed by atoms with Gasteiger partial charge < -0.3 is 9.42 Å². The van der Waals surface area contributed by atoms with Crippen molar-refractivity contribution in [2.24, 2.45) is 5.92 Å². The summed E-state index contributed by atoms with van der Waals surface area (Å²) in [7, 11) is 1.90. The van der Waals surface area contributed by atoms with E-state index >= 15 is 0 Å². The molecule has 2 fully saturated rings. The SMILES string of the molecule is C[C@H]1CN(Cc2ccccc2)CC[C@@H]1N(C)C(=O)c1cc(C2CC2)on1. The van der Waals surface area contributed by atoms with Crippen LogP contribution < -0.4 is 0 Å². The molecular formula is C21H27N3O2. The van der Waals surface area contributed by atoms with E-state index in [0.717, 1.165) is 44.7 Å². The van der Waals surface area contributed by atoms with E-state index in [4.69, 9.17) is 4.52 Å². The molecule has 4 rings (SSSR count). The van der Waals surface area contributed by atoms with Gasteiger partial charge in [-0.3, -0.25) is 9.69 Å². The number of hydrogen-bond donors (Lipinski definition) is 0. The number of rotatable bonds is 5. The number of carbonyl (C=O) groups is 1. The first kappa shape index (κ1) is 17.3. The fraction of sp³-hybridized carbons (Fsp3) is 0.524. The van der Waals surface area contributed by atoms with Gasteiger partial charge in [0.1, 0.15) is 5.76 Å². The van der Waals surface area contributed by atoms with Crippen LogP contribution >= 0.6 is 0 Å². The highest BCUT2D eigenvalue weighted by atomic mass is 16.5. The lowest BCUT2D eigenvalue weighted by Crippen LogP contribution is -2.50. The molecule has 5 heteroatoms. The average molecular weight is 353 g/mol. The van der Waals surface area contributed by atoms with Crippen molar-refractivity contribution in [3.05, 3.63) is 53.4 Å². The summed E-state index contributed by atoms with van der Waals surface area (Å²) in [5.41, 5.74) is 1.80. The van der Waals surface area contributed by atoms with Gasteiger partial charge >= 0.3 is 0 Å². The number of amides is 1. The standard InChI is InChI=1S/C21H27N3O2/c1-15-13-24(14-16-6-4-3-5-7-16)11-10-19(15)23(2)21(25)18-12-20(26-22-18)17-8-9-17/h3-7,12,15,17,19H,8-11,13-14H2,1-2H3/t15-,19-/m0/s1. The van der Waals surface area contributed by atoms with E-state index in [1.54, 1.807) is 0 Å². The van der Waals surface area contributed by atoms with E-state index in [0.29, 0.717) is 17.5 Å². The molecule has 2 aromatic rings. The lowest BCUT2D eigenvalue weighted by Gasteiger charge is -2.41. The zero-order valence-corrected chi connectivity index (χ0v) is 15.6. The molecule has 2 aliphatic rings. The summed E-state index contributed by atoms with van der Waals surface area (Å²) in [6, 6.07) is 12.7. The van der Waals surface area contributed by atoms with Crippen molar-refractivity contribution in [1.29, 1.82) is 0 Å². The Labute approximate surface area is 155 Å². The Kier molecular flexibility index (Phi) is 4.81. The first-order chi connectivity index (χ1) is 12.6. The predicted octanol–water partition coefficient (Wildman–Crippen LogP) is 3.53. The molecule has 2 atom stereocenters. The van der Waals surface area contributed by atoms with Crippen LogP contribution in [0.5, 0.6) is 0 Å². The second kappa shape index (κ2) is 7.23. The van der Waals surface area contributed by atoms with Crippen molar-refractivity contribution in [1.82, 2.24) is 15.0 Å². The fourth-order valence-electron chi connectivity index (χ4n) is 4.06. The number of benzene rings is 1. The van der Waals surface area contributed by atoms with Gasteiger partial charge in [-0.25, -0.2) is 0 Å². The van der Waals surface area contributed by atoms with Crippen LogP contribution in [0.1, 0.15) is 53.9 Å². The minimum absolute atomic E-state index is 0.0194. The summed E-state index contributed by atoms with van der Waals surface area (Å²) >= 11 is 0. The number of carbonyl (C=O) groups excluding carboxylic acids is 1. The highest BCUT2D eigenvalue weighted by molar-refractivity contribution is 5.92. The molecule has 1 saturated heterocycles. The lowest BCUT2D eigenvalue weighted by molar-refractivity contribution is 0.0489. The first-order valence-corrected chi connectivity index (χ1v) is 9.62. The van der Waals surface area contributed by atoms with Gasteiger partial charge in [0.15, 0.2) is 5.69 Å². The van der Waals surface area contributed by atoms with Crippen LogP contribution in [-0.4, -0.2) is 47.0 Å². The average Bonchev–Trinajstić information content (AvgIpc) is 3.38. The monoisotopic (exact) mass is 353 g/mol. The predicted molar refractivity (Wildman–Crippen MR) is 99.9 cm³/mol. The molecule has 0 radical (unpaired) electrons. The van der Waals surface area contributed by atoms with Gasteiger partial charge in [-0.1, -0.05) is 42.4 Å². The van der Waals surface area contributed by atoms with Crippen molar-refractivity contribution >= 4 is 5.91 Å². The van der Waals surface area contributed by atoms with E-state index in [9.17, 15) is 4.79 Å². The van der Waals surface area contributed by atoms with Crippen molar-refractivity contribution in [2.75, 3.05) is 20.1 Å². The Bertz CT molecular complexity index is 754. The topological polar surface area (TPSA) is 49.6 Å². The number of piperidine rings is 1. The number of aromatic nitrogens is 1. The molecule has 138 valence electrons. The second-order valence-electron chi connectivity index (χ2n) is 7.86. The molecule has 1 amide bonds. The van der Waals surface area contributed by atoms with Crippen LogP contribution in [-0.2, 0) is 6.54 Å². The van der Waals surface area contributed by atoms with Crippen molar-refractivity contribution in [3.8, 4) is 0 Å². The van der Waals surface area contributed by atoms with Crippen molar-refractivity contribution in [3.63, 3.8) is 0 Å². The molecule has 5 nitrogen and oxygen atoms in total. The van der Waals surface area contributed by atoms with E-state index in [1.165, 1.54) is 5.56 Å². The molecule has 1 aromatic heterocycles. The van der Waals surface area contributed by atoms with Crippen LogP contribution in [0.4, 0.5) is 0 Å². The highest BCUT2D eigenvalue weighted by Gasteiger charge is 2.34. The smallest absolute Gasteiger partial charge is 0.276 e. The molecule has 1 aliphatic heterocycles. The van der Waals surface area contributed by atoms with Crippen LogP contribution in [0.25, 0.3) is 0 Å². The minimum atomic E-state index is -0.0194. The summed E-state index contributed by atoms with van der Waals surface area (Å²) in [6.07, 6.45) is 3.29. The maximum absolute atomic E-state index is 12.8. The number of nitrogens with zero attached hydrogens (tertiary/aromatic N) is 3.